The van der Waals surface area contributed by atoms with Gasteiger partial charge in [0.1, 0.15) is 0 Å². The van der Waals surface area contributed by atoms with E-state index in [0.717, 1.165) is 23.2 Å². The third kappa shape index (κ3) is 2.11. The number of aromatic nitrogens is 2. The maximum absolute atomic E-state index is 6.28. The highest BCUT2D eigenvalue weighted by molar-refractivity contribution is 6.36. The van der Waals surface area contributed by atoms with Gasteiger partial charge in [0.25, 0.3) is 0 Å². The van der Waals surface area contributed by atoms with Crippen molar-refractivity contribution in [1.82, 2.24) is 10.2 Å². The second kappa shape index (κ2) is 4.15. The Hall–Kier alpha value is -1.19. The van der Waals surface area contributed by atoms with Gasteiger partial charge >= 0.3 is 0 Å². The molecular formula is C14H15Cl2N3. The normalized spacial score (nSPS) is 20.5. The molecule has 0 radical (unpaired) electrons. The first-order valence-corrected chi connectivity index (χ1v) is 6.95. The molecule has 0 amide bonds. The second-order valence-corrected chi connectivity index (χ2v) is 6.61. The summed E-state index contributed by atoms with van der Waals surface area (Å²) in [6.45, 7) is 4.48. The summed E-state index contributed by atoms with van der Waals surface area (Å²) >= 11 is 12.2. The molecule has 3 nitrogen and oxygen atoms in total. The zero-order chi connectivity index (χ0) is 13.8. The van der Waals surface area contributed by atoms with Gasteiger partial charge in [-0.25, -0.2) is 0 Å². The minimum absolute atomic E-state index is 0.298. The molecule has 1 aromatic heterocycles. The smallest absolute Gasteiger partial charge is 0.153 e. The van der Waals surface area contributed by atoms with E-state index < -0.39 is 0 Å². The highest BCUT2D eigenvalue weighted by atomic mass is 35.5. The summed E-state index contributed by atoms with van der Waals surface area (Å²) in [5.74, 6) is 0.945. The first-order chi connectivity index (χ1) is 8.90. The summed E-state index contributed by atoms with van der Waals surface area (Å²) in [7, 11) is 0. The molecule has 1 atom stereocenters. The van der Waals surface area contributed by atoms with Crippen molar-refractivity contribution >= 4 is 29.0 Å². The van der Waals surface area contributed by atoms with E-state index in [1.807, 2.05) is 12.1 Å². The first kappa shape index (κ1) is 12.8. The molecule has 1 aliphatic carbocycles. The van der Waals surface area contributed by atoms with Crippen LogP contribution in [0.4, 0.5) is 5.82 Å². The molecule has 1 aromatic carbocycles. The van der Waals surface area contributed by atoms with Crippen molar-refractivity contribution in [3.05, 3.63) is 33.9 Å². The standard InChI is InChI=1S/C14H15Cl2N3/c1-14(2)6-9(14)12-11(13(17)19-18-12)8-4-3-7(15)5-10(8)16/h3-5,9H,6H2,1-2H3,(H3,17,18,19). The Labute approximate surface area is 122 Å². The molecule has 19 heavy (non-hydrogen) atoms. The van der Waals surface area contributed by atoms with Gasteiger partial charge in [-0.05, 0) is 24.0 Å². The lowest BCUT2D eigenvalue weighted by Crippen LogP contribution is -1.94. The van der Waals surface area contributed by atoms with E-state index in [9.17, 15) is 0 Å². The molecule has 1 aliphatic rings. The summed E-state index contributed by atoms with van der Waals surface area (Å²) in [5, 5.41) is 8.42. The zero-order valence-corrected chi connectivity index (χ0v) is 12.3. The number of nitrogens with one attached hydrogen (secondary N) is 1. The van der Waals surface area contributed by atoms with E-state index >= 15 is 0 Å². The lowest BCUT2D eigenvalue weighted by atomic mass is 9.99. The summed E-state index contributed by atoms with van der Waals surface area (Å²) in [5.41, 5.74) is 9.17. The van der Waals surface area contributed by atoms with Crippen LogP contribution in [0.25, 0.3) is 11.1 Å². The SMILES string of the molecule is CC1(C)CC1c1[nH]nc(N)c1-c1ccc(Cl)cc1Cl. The molecule has 100 valence electrons. The Kier molecular flexibility index (Phi) is 2.80. The molecule has 0 aliphatic heterocycles. The fraction of sp³-hybridized carbons (Fsp3) is 0.357. The van der Waals surface area contributed by atoms with Gasteiger partial charge in [0.15, 0.2) is 5.82 Å². The van der Waals surface area contributed by atoms with E-state index in [-0.39, 0.29) is 0 Å². The third-order valence-electron chi connectivity index (χ3n) is 3.88. The van der Waals surface area contributed by atoms with Crippen LogP contribution in [0, 0.1) is 5.41 Å². The van der Waals surface area contributed by atoms with Crippen molar-refractivity contribution in [2.45, 2.75) is 26.2 Å². The maximum Gasteiger partial charge on any atom is 0.153 e. The zero-order valence-electron chi connectivity index (χ0n) is 10.8. The van der Waals surface area contributed by atoms with Gasteiger partial charge in [0.05, 0.1) is 5.02 Å². The van der Waals surface area contributed by atoms with E-state index in [1.54, 1.807) is 6.07 Å². The van der Waals surface area contributed by atoms with Crippen molar-refractivity contribution in [3.8, 4) is 11.1 Å². The third-order valence-corrected chi connectivity index (χ3v) is 4.43. The summed E-state index contributed by atoms with van der Waals surface area (Å²) < 4.78 is 0. The molecule has 1 saturated carbocycles. The molecule has 1 unspecified atom stereocenters. The Morgan fingerprint density at radius 1 is 1.37 bits per heavy atom. The largest absolute Gasteiger partial charge is 0.382 e. The van der Waals surface area contributed by atoms with Crippen LogP contribution in [-0.4, -0.2) is 10.2 Å². The van der Waals surface area contributed by atoms with Gasteiger partial charge in [-0.2, -0.15) is 5.10 Å². The van der Waals surface area contributed by atoms with Crippen LogP contribution < -0.4 is 5.73 Å². The van der Waals surface area contributed by atoms with Crippen LogP contribution in [-0.2, 0) is 0 Å². The molecule has 3 rings (SSSR count). The van der Waals surface area contributed by atoms with Gasteiger partial charge in [-0.15, -0.1) is 0 Å². The van der Waals surface area contributed by atoms with Gasteiger partial charge in [0.2, 0.25) is 0 Å². The monoisotopic (exact) mass is 295 g/mol. The van der Waals surface area contributed by atoms with Crippen LogP contribution >= 0.6 is 23.2 Å². The average molecular weight is 296 g/mol. The van der Waals surface area contributed by atoms with Gasteiger partial charge in [0, 0.05) is 27.8 Å². The molecule has 1 fully saturated rings. The number of benzene rings is 1. The number of nitrogen functional groups attached to an aromatic ring is 1. The minimum Gasteiger partial charge on any atom is -0.382 e. The lowest BCUT2D eigenvalue weighted by molar-refractivity contribution is 0.615. The van der Waals surface area contributed by atoms with Crippen molar-refractivity contribution in [2.24, 2.45) is 5.41 Å². The Morgan fingerprint density at radius 3 is 2.63 bits per heavy atom. The topological polar surface area (TPSA) is 54.7 Å². The number of halogens is 2. The van der Waals surface area contributed by atoms with Crippen molar-refractivity contribution in [3.63, 3.8) is 0 Å². The summed E-state index contributed by atoms with van der Waals surface area (Å²) in [4.78, 5) is 0. The summed E-state index contributed by atoms with van der Waals surface area (Å²) in [6.07, 6.45) is 1.13. The number of nitrogens with two attached hydrogens (primary N) is 1. The number of hydrogen-bond acceptors (Lipinski definition) is 2. The molecule has 0 spiro atoms. The van der Waals surface area contributed by atoms with E-state index in [4.69, 9.17) is 28.9 Å². The number of H-pyrrole nitrogens is 1. The Bertz CT molecular complexity index is 646. The highest BCUT2D eigenvalue weighted by Crippen LogP contribution is 2.60. The predicted octanol–water partition coefficient (Wildman–Crippen LogP) is 4.48. The molecule has 2 aromatic rings. The van der Waals surface area contributed by atoms with E-state index in [1.165, 1.54) is 0 Å². The number of rotatable bonds is 2. The van der Waals surface area contributed by atoms with Gasteiger partial charge in [-0.1, -0.05) is 43.1 Å². The van der Waals surface area contributed by atoms with Crippen LogP contribution in [0.3, 0.4) is 0 Å². The van der Waals surface area contributed by atoms with Gasteiger partial charge in [-0.3, -0.25) is 5.10 Å². The molecule has 0 bridgehead atoms. The maximum atomic E-state index is 6.28. The number of aromatic amines is 1. The Morgan fingerprint density at radius 2 is 2.05 bits per heavy atom. The minimum atomic E-state index is 0.298. The van der Waals surface area contributed by atoms with Crippen molar-refractivity contribution in [2.75, 3.05) is 5.73 Å². The molecule has 1 heterocycles. The fourth-order valence-corrected chi connectivity index (χ4v) is 3.06. The predicted molar refractivity (Wildman–Crippen MR) is 79.6 cm³/mol. The number of hydrogen-bond donors (Lipinski definition) is 2. The Balaban J connectivity index is 2.12. The number of nitrogens with zero attached hydrogens (tertiary/aromatic N) is 1. The van der Waals surface area contributed by atoms with Crippen molar-refractivity contribution < 1.29 is 0 Å². The molecule has 0 saturated heterocycles. The molecular weight excluding hydrogens is 281 g/mol. The number of anilines is 1. The first-order valence-electron chi connectivity index (χ1n) is 6.19. The van der Waals surface area contributed by atoms with Crippen LogP contribution in [0.1, 0.15) is 31.9 Å². The van der Waals surface area contributed by atoms with E-state index in [2.05, 4.69) is 24.0 Å². The van der Waals surface area contributed by atoms with Crippen LogP contribution in [0.5, 0.6) is 0 Å². The molecule has 5 heteroatoms. The quantitative estimate of drug-likeness (QED) is 0.858. The lowest BCUT2D eigenvalue weighted by Gasteiger charge is -2.08. The van der Waals surface area contributed by atoms with Gasteiger partial charge < -0.3 is 5.73 Å². The van der Waals surface area contributed by atoms with Crippen molar-refractivity contribution in [1.29, 1.82) is 0 Å². The van der Waals surface area contributed by atoms with Crippen LogP contribution in [0.15, 0.2) is 18.2 Å². The second-order valence-electron chi connectivity index (χ2n) is 5.77. The average Bonchev–Trinajstić information content (AvgIpc) is 2.78. The van der Waals surface area contributed by atoms with Crippen LogP contribution in [0.2, 0.25) is 10.0 Å². The molecule has 3 N–H and O–H groups in total. The fourth-order valence-electron chi connectivity index (χ4n) is 2.56. The highest BCUT2D eigenvalue weighted by Gasteiger charge is 2.49. The van der Waals surface area contributed by atoms with E-state index in [0.29, 0.717) is 27.2 Å². The summed E-state index contributed by atoms with van der Waals surface area (Å²) in [6, 6.07) is 5.44.